The molecule has 5 heteroatoms. The number of amides is 1. The van der Waals surface area contributed by atoms with Crippen molar-refractivity contribution >= 4 is 23.2 Å². The van der Waals surface area contributed by atoms with Gasteiger partial charge >= 0.3 is 0 Å². The van der Waals surface area contributed by atoms with Crippen LogP contribution in [0.3, 0.4) is 0 Å². The summed E-state index contributed by atoms with van der Waals surface area (Å²) in [5, 5.41) is 3.24. The highest BCUT2D eigenvalue weighted by Gasteiger charge is 2.28. The molecule has 0 spiro atoms. The Kier molecular flexibility index (Phi) is 5.63. The molecule has 1 amide bonds. The van der Waals surface area contributed by atoms with Crippen molar-refractivity contribution in [3.05, 3.63) is 23.2 Å². The third-order valence-corrected chi connectivity index (χ3v) is 2.84. The molecule has 0 saturated carbocycles. The smallest absolute Gasteiger partial charge is 0.256 e. The number of rotatable bonds is 6. The number of ether oxygens (including phenoxy) is 2. The van der Waals surface area contributed by atoms with Gasteiger partial charge in [0.1, 0.15) is 11.4 Å². The lowest BCUT2D eigenvalue weighted by Crippen LogP contribution is -2.39. The van der Waals surface area contributed by atoms with Crippen LogP contribution in [-0.2, 0) is 9.53 Å². The third-order valence-electron chi connectivity index (χ3n) is 2.54. The van der Waals surface area contributed by atoms with Crippen molar-refractivity contribution in [3.63, 3.8) is 0 Å². The normalized spacial score (nSPS) is 11.2. The quantitative estimate of drug-likeness (QED) is 0.870. The molecule has 4 nitrogen and oxygen atoms in total. The van der Waals surface area contributed by atoms with Crippen molar-refractivity contribution in [2.75, 3.05) is 18.5 Å². The van der Waals surface area contributed by atoms with Gasteiger partial charge in [-0.05, 0) is 45.9 Å². The number of hydrogen-bond acceptors (Lipinski definition) is 3. The molecule has 0 saturated heterocycles. The second-order valence-electron chi connectivity index (χ2n) is 4.48. The van der Waals surface area contributed by atoms with E-state index in [1.807, 2.05) is 13.8 Å². The van der Waals surface area contributed by atoms with Crippen LogP contribution < -0.4 is 10.1 Å². The molecular formula is C14H20ClNO3. The van der Waals surface area contributed by atoms with Crippen molar-refractivity contribution in [2.45, 2.75) is 33.3 Å². The van der Waals surface area contributed by atoms with Gasteiger partial charge in [-0.1, -0.05) is 11.6 Å². The van der Waals surface area contributed by atoms with Crippen molar-refractivity contribution in [3.8, 4) is 5.75 Å². The minimum atomic E-state index is -0.875. The maximum atomic E-state index is 12.0. The van der Waals surface area contributed by atoms with E-state index in [0.717, 1.165) is 0 Å². The van der Waals surface area contributed by atoms with Crippen LogP contribution in [-0.4, -0.2) is 24.7 Å². The average Bonchev–Trinajstić information content (AvgIpc) is 2.32. The Morgan fingerprint density at radius 2 is 2.00 bits per heavy atom. The Morgan fingerprint density at radius 3 is 2.53 bits per heavy atom. The van der Waals surface area contributed by atoms with E-state index in [2.05, 4.69) is 5.32 Å². The molecule has 0 radical (unpaired) electrons. The zero-order chi connectivity index (χ0) is 14.5. The fourth-order valence-electron chi connectivity index (χ4n) is 1.56. The highest BCUT2D eigenvalue weighted by atomic mass is 35.5. The Balaban J connectivity index is 2.78. The van der Waals surface area contributed by atoms with Gasteiger partial charge in [0.2, 0.25) is 0 Å². The Labute approximate surface area is 119 Å². The standard InChI is InChI=1S/C14H20ClNO3/c1-5-18-12-8-7-10(9-11(12)15)16-13(17)14(3,4)19-6-2/h7-9H,5-6H2,1-4H3,(H,16,17). The minimum Gasteiger partial charge on any atom is -0.492 e. The summed E-state index contributed by atoms with van der Waals surface area (Å²) in [5.41, 5.74) is -0.258. The Hall–Kier alpha value is -1.26. The fraction of sp³-hybridized carbons (Fsp3) is 0.500. The van der Waals surface area contributed by atoms with Gasteiger partial charge in [-0.3, -0.25) is 4.79 Å². The van der Waals surface area contributed by atoms with Crippen LogP contribution in [0.15, 0.2) is 18.2 Å². The van der Waals surface area contributed by atoms with Crippen LogP contribution in [0.1, 0.15) is 27.7 Å². The summed E-state index contributed by atoms with van der Waals surface area (Å²) in [5.74, 6) is 0.390. The summed E-state index contributed by atoms with van der Waals surface area (Å²) in [7, 11) is 0. The van der Waals surface area contributed by atoms with E-state index in [1.54, 1.807) is 32.0 Å². The number of carbonyl (C=O) groups excluding carboxylic acids is 1. The minimum absolute atomic E-state index is 0.213. The molecule has 0 fully saturated rings. The van der Waals surface area contributed by atoms with E-state index in [0.29, 0.717) is 29.7 Å². The molecular weight excluding hydrogens is 266 g/mol. The van der Waals surface area contributed by atoms with Gasteiger partial charge in [-0.2, -0.15) is 0 Å². The van der Waals surface area contributed by atoms with Crippen LogP contribution in [0.5, 0.6) is 5.75 Å². The Bertz CT molecular complexity index is 446. The Morgan fingerprint density at radius 1 is 1.32 bits per heavy atom. The van der Waals surface area contributed by atoms with Crippen LogP contribution >= 0.6 is 11.6 Å². The second kappa shape index (κ2) is 6.78. The first kappa shape index (κ1) is 15.8. The van der Waals surface area contributed by atoms with E-state index >= 15 is 0 Å². The monoisotopic (exact) mass is 285 g/mol. The van der Waals surface area contributed by atoms with Gasteiger partial charge in [-0.15, -0.1) is 0 Å². The van der Waals surface area contributed by atoms with E-state index in [9.17, 15) is 4.79 Å². The summed E-state index contributed by atoms with van der Waals surface area (Å²) in [4.78, 5) is 12.0. The third kappa shape index (κ3) is 4.40. The predicted molar refractivity (Wildman–Crippen MR) is 77.0 cm³/mol. The molecule has 0 bridgehead atoms. The maximum absolute atomic E-state index is 12.0. The van der Waals surface area contributed by atoms with E-state index in [1.165, 1.54) is 0 Å². The first-order chi connectivity index (χ1) is 8.90. The van der Waals surface area contributed by atoms with E-state index < -0.39 is 5.60 Å². The molecule has 0 aliphatic heterocycles. The van der Waals surface area contributed by atoms with Gasteiger partial charge in [0.05, 0.1) is 11.6 Å². The van der Waals surface area contributed by atoms with Crippen molar-refractivity contribution in [1.82, 2.24) is 0 Å². The van der Waals surface area contributed by atoms with Gasteiger partial charge < -0.3 is 14.8 Å². The first-order valence-electron chi connectivity index (χ1n) is 6.28. The highest BCUT2D eigenvalue weighted by Crippen LogP contribution is 2.28. The van der Waals surface area contributed by atoms with Gasteiger partial charge in [0.25, 0.3) is 5.91 Å². The molecule has 0 aromatic heterocycles. The van der Waals surface area contributed by atoms with Gasteiger partial charge in [0, 0.05) is 12.3 Å². The van der Waals surface area contributed by atoms with Gasteiger partial charge in [-0.25, -0.2) is 0 Å². The maximum Gasteiger partial charge on any atom is 0.256 e. The molecule has 1 N–H and O–H groups in total. The first-order valence-corrected chi connectivity index (χ1v) is 6.66. The number of halogens is 1. The number of anilines is 1. The van der Waals surface area contributed by atoms with E-state index in [-0.39, 0.29) is 5.91 Å². The zero-order valence-corrected chi connectivity index (χ0v) is 12.5. The summed E-state index contributed by atoms with van der Waals surface area (Å²) in [6.45, 7) is 8.21. The van der Waals surface area contributed by atoms with E-state index in [4.69, 9.17) is 21.1 Å². The van der Waals surface area contributed by atoms with Crippen LogP contribution in [0.2, 0.25) is 5.02 Å². The lowest BCUT2D eigenvalue weighted by Gasteiger charge is -2.23. The summed E-state index contributed by atoms with van der Waals surface area (Å²) < 4.78 is 10.7. The number of benzene rings is 1. The highest BCUT2D eigenvalue weighted by molar-refractivity contribution is 6.32. The number of nitrogens with one attached hydrogen (secondary N) is 1. The predicted octanol–water partition coefficient (Wildman–Crippen LogP) is 3.49. The fourth-order valence-corrected chi connectivity index (χ4v) is 1.79. The molecule has 1 rings (SSSR count). The molecule has 0 heterocycles. The summed E-state index contributed by atoms with van der Waals surface area (Å²) in [6, 6.07) is 5.14. The number of hydrogen-bond donors (Lipinski definition) is 1. The zero-order valence-electron chi connectivity index (χ0n) is 11.7. The molecule has 0 unspecified atom stereocenters. The van der Waals surface area contributed by atoms with Crippen molar-refractivity contribution in [1.29, 1.82) is 0 Å². The summed E-state index contributed by atoms with van der Waals surface area (Å²) in [6.07, 6.45) is 0. The van der Waals surface area contributed by atoms with Crippen molar-refractivity contribution < 1.29 is 14.3 Å². The lowest BCUT2D eigenvalue weighted by atomic mass is 10.1. The SMILES string of the molecule is CCOc1ccc(NC(=O)C(C)(C)OCC)cc1Cl. The summed E-state index contributed by atoms with van der Waals surface area (Å²) >= 11 is 6.06. The molecule has 1 aromatic rings. The van der Waals surface area contributed by atoms with Gasteiger partial charge in [0.15, 0.2) is 0 Å². The molecule has 0 aliphatic rings. The largest absolute Gasteiger partial charge is 0.492 e. The lowest BCUT2D eigenvalue weighted by molar-refractivity contribution is -0.136. The number of carbonyl (C=O) groups is 1. The van der Waals surface area contributed by atoms with Crippen LogP contribution in [0, 0.1) is 0 Å². The topological polar surface area (TPSA) is 47.6 Å². The molecule has 19 heavy (non-hydrogen) atoms. The molecule has 106 valence electrons. The van der Waals surface area contributed by atoms with Crippen LogP contribution in [0.4, 0.5) is 5.69 Å². The molecule has 1 aromatic carbocycles. The molecule has 0 atom stereocenters. The average molecular weight is 286 g/mol. The van der Waals surface area contributed by atoms with Crippen LogP contribution in [0.25, 0.3) is 0 Å². The molecule has 0 aliphatic carbocycles. The second-order valence-corrected chi connectivity index (χ2v) is 4.88. The van der Waals surface area contributed by atoms with Crippen molar-refractivity contribution in [2.24, 2.45) is 0 Å².